The number of carbonyl (C=O) groups is 2. The molecule has 1 aliphatic carbocycles. The molecule has 2 amide bonds. The number of carbonyl (C=O) groups excluding carboxylic acids is 2. The SMILES string of the molecule is O=C(Cc1cc2ccccc2o1)Nc1cc(F)c(Oc2ccnc(NC(=O)C3CC3)c2)cc1F. The van der Waals surface area contributed by atoms with E-state index in [2.05, 4.69) is 15.6 Å². The molecule has 5 rings (SSSR count). The Morgan fingerprint density at radius 3 is 2.65 bits per heavy atom. The maximum absolute atomic E-state index is 14.6. The molecule has 0 aliphatic heterocycles. The Kier molecular flexibility index (Phi) is 5.67. The normalized spacial score (nSPS) is 13.0. The van der Waals surface area contributed by atoms with Gasteiger partial charge in [-0.1, -0.05) is 18.2 Å². The highest BCUT2D eigenvalue weighted by atomic mass is 19.1. The number of fused-ring (bicyclic) bond motifs is 1. The highest BCUT2D eigenvalue weighted by molar-refractivity contribution is 5.93. The van der Waals surface area contributed by atoms with E-state index >= 15 is 0 Å². The van der Waals surface area contributed by atoms with Crippen LogP contribution in [0.25, 0.3) is 11.0 Å². The number of hydrogen-bond donors (Lipinski definition) is 2. The first-order chi connectivity index (χ1) is 16.4. The highest BCUT2D eigenvalue weighted by Gasteiger charge is 2.29. The molecule has 0 radical (unpaired) electrons. The minimum absolute atomic E-state index is 0.00693. The summed E-state index contributed by atoms with van der Waals surface area (Å²) >= 11 is 0. The lowest BCUT2D eigenvalue weighted by Crippen LogP contribution is -2.15. The van der Waals surface area contributed by atoms with Crippen LogP contribution in [-0.2, 0) is 16.0 Å². The first kappa shape index (κ1) is 21.6. The Morgan fingerprint density at radius 2 is 1.85 bits per heavy atom. The van der Waals surface area contributed by atoms with Gasteiger partial charge in [-0.25, -0.2) is 13.8 Å². The Morgan fingerprint density at radius 1 is 1.03 bits per heavy atom. The van der Waals surface area contributed by atoms with E-state index in [1.165, 1.54) is 18.3 Å². The average Bonchev–Trinajstić information content (AvgIpc) is 3.57. The summed E-state index contributed by atoms with van der Waals surface area (Å²) in [6.07, 6.45) is 2.93. The van der Waals surface area contributed by atoms with Crippen LogP contribution in [-0.4, -0.2) is 16.8 Å². The van der Waals surface area contributed by atoms with Crippen molar-refractivity contribution in [3.05, 3.63) is 78.2 Å². The number of ether oxygens (including phenoxy) is 1. The molecule has 2 aromatic heterocycles. The van der Waals surface area contributed by atoms with E-state index in [0.717, 1.165) is 30.4 Å². The molecule has 1 fully saturated rings. The van der Waals surface area contributed by atoms with E-state index in [0.29, 0.717) is 11.3 Å². The minimum Gasteiger partial charge on any atom is -0.461 e. The van der Waals surface area contributed by atoms with Gasteiger partial charge in [-0.3, -0.25) is 9.59 Å². The number of para-hydroxylation sites is 1. The van der Waals surface area contributed by atoms with E-state index in [-0.39, 0.29) is 41.3 Å². The third-order valence-electron chi connectivity index (χ3n) is 5.27. The van der Waals surface area contributed by atoms with Crippen LogP contribution < -0.4 is 15.4 Å². The van der Waals surface area contributed by atoms with E-state index < -0.39 is 17.5 Å². The zero-order chi connectivity index (χ0) is 23.7. The van der Waals surface area contributed by atoms with Gasteiger partial charge in [-0.2, -0.15) is 0 Å². The predicted octanol–water partition coefficient (Wildman–Crippen LogP) is 5.43. The molecule has 1 aliphatic rings. The molecule has 1 saturated carbocycles. The second-order valence-corrected chi connectivity index (χ2v) is 7.98. The largest absolute Gasteiger partial charge is 0.461 e. The number of rotatable bonds is 7. The molecule has 7 nitrogen and oxygen atoms in total. The van der Waals surface area contributed by atoms with Crippen molar-refractivity contribution in [1.29, 1.82) is 0 Å². The lowest BCUT2D eigenvalue weighted by molar-refractivity contribution is -0.117. The number of halogens is 2. The van der Waals surface area contributed by atoms with Crippen LogP contribution in [0.1, 0.15) is 18.6 Å². The lowest BCUT2D eigenvalue weighted by Gasteiger charge is -2.11. The summed E-state index contributed by atoms with van der Waals surface area (Å²) in [6.45, 7) is 0. The number of hydrogen-bond acceptors (Lipinski definition) is 5. The molecular weight excluding hydrogens is 444 g/mol. The van der Waals surface area contributed by atoms with E-state index in [4.69, 9.17) is 9.15 Å². The van der Waals surface area contributed by atoms with Crippen molar-refractivity contribution in [3.8, 4) is 11.5 Å². The number of nitrogens with one attached hydrogen (secondary N) is 2. The zero-order valence-electron chi connectivity index (χ0n) is 17.8. The van der Waals surface area contributed by atoms with Crippen LogP contribution in [0.15, 0.2) is 65.2 Å². The quantitative estimate of drug-likeness (QED) is 0.381. The standard InChI is InChI=1S/C25H19F2N3O4/c26-18-13-22(33-16-7-8-28-23(10-16)30-25(32)14-5-6-14)19(27)12-20(18)29-24(31)11-17-9-15-3-1-2-4-21(15)34-17/h1-4,7-10,12-14H,5-6,11H2,(H,29,31)(H,28,30,32). The van der Waals surface area contributed by atoms with Gasteiger partial charge < -0.3 is 19.8 Å². The highest BCUT2D eigenvalue weighted by Crippen LogP contribution is 2.32. The summed E-state index contributed by atoms with van der Waals surface area (Å²) < 4.78 is 40.2. The molecule has 34 heavy (non-hydrogen) atoms. The number of aromatic nitrogens is 1. The molecule has 9 heteroatoms. The molecule has 0 spiro atoms. The van der Waals surface area contributed by atoms with Gasteiger partial charge in [0, 0.05) is 35.7 Å². The Balaban J connectivity index is 1.26. The maximum Gasteiger partial charge on any atom is 0.232 e. The summed E-state index contributed by atoms with van der Waals surface area (Å²) in [5.41, 5.74) is 0.313. The average molecular weight is 463 g/mol. The van der Waals surface area contributed by atoms with E-state index in [1.807, 2.05) is 18.2 Å². The minimum atomic E-state index is -0.874. The number of nitrogens with zero attached hydrogens (tertiary/aromatic N) is 1. The van der Waals surface area contributed by atoms with Crippen LogP contribution in [0.2, 0.25) is 0 Å². The Bertz CT molecular complexity index is 1370. The van der Waals surface area contributed by atoms with Crippen molar-refractivity contribution in [2.24, 2.45) is 5.92 Å². The number of pyridine rings is 1. The number of anilines is 2. The van der Waals surface area contributed by atoms with Gasteiger partial charge in [0.1, 0.15) is 22.9 Å². The third kappa shape index (κ3) is 4.88. The fourth-order valence-electron chi connectivity index (χ4n) is 3.42. The summed E-state index contributed by atoms with van der Waals surface area (Å²) in [4.78, 5) is 28.3. The summed E-state index contributed by atoms with van der Waals surface area (Å²) in [6, 6.07) is 13.6. The monoisotopic (exact) mass is 463 g/mol. The van der Waals surface area contributed by atoms with Gasteiger partial charge in [0.15, 0.2) is 17.4 Å². The van der Waals surface area contributed by atoms with Crippen LogP contribution in [0, 0.1) is 17.6 Å². The molecule has 0 bridgehead atoms. The fourth-order valence-corrected chi connectivity index (χ4v) is 3.42. The molecule has 2 N–H and O–H groups in total. The third-order valence-corrected chi connectivity index (χ3v) is 5.27. The van der Waals surface area contributed by atoms with E-state index in [1.54, 1.807) is 12.1 Å². The second kappa shape index (κ2) is 8.93. The number of furan rings is 1. The molecular formula is C25H19F2N3O4. The molecule has 0 atom stereocenters. The zero-order valence-corrected chi connectivity index (χ0v) is 17.8. The van der Waals surface area contributed by atoms with Crippen molar-refractivity contribution in [2.75, 3.05) is 10.6 Å². The van der Waals surface area contributed by atoms with Crippen molar-refractivity contribution in [2.45, 2.75) is 19.3 Å². The molecule has 172 valence electrons. The first-order valence-corrected chi connectivity index (χ1v) is 10.7. The maximum atomic E-state index is 14.6. The Hall–Kier alpha value is -4.27. The van der Waals surface area contributed by atoms with Crippen LogP contribution in [0.3, 0.4) is 0 Å². The molecule has 0 saturated heterocycles. The van der Waals surface area contributed by atoms with Gasteiger partial charge >= 0.3 is 0 Å². The fraction of sp³-hybridized carbons (Fsp3) is 0.160. The number of amides is 2. The van der Waals surface area contributed by atoms with Crippen LogP contribution in [0.5, 0.6) is 11.5 Å². The van der Waals surface area contributed by atoms with Crippen molar-refractivity contribution < 1.29 is 27.5 Å². The number of benzene rings is 2. The van der Waals surface area contributed by atoms with Crippen LogP contribution >= 0.6 is 0 Å². The van der Waals surface area contributed by atoms with Gasteiger partial charge in [0.05, 0.1) is 12.1 Å². The molecule has 2 aromatic carbocycles. The molecule has 2 heterocycles. The molecule has 4 aromatic rings. The summed E-state index contributed by atoms with van der Waals surface area (Å²) in [5, 5.41) is 5.86. The van der Waals surface area contributed by atoms with Crippen molar-refractivity contribution in [1.82, 2.24) is 4.98 Å². The topological polar surface area (TPSA) is 93.5 Å². The smallest absolute Gasteiger partial charge is 0.232 e. The Labute approximate surface area is 192 Å². The van der Waals surface area contributed by atoms with Gasteiger partial charge in [-0.05, 0) is 31.0 Å². The first-order valence-electron chi connectivity index (χ1n) is 10.7. The summed E-state index contributed by atoms with van der Waals surface area (Å²) in [5.74, 6) is -1.99. The summed E-state index contributed by atoms with van der Waals surface area (Å²) in [7, 11) is 0. The van der Waals surface area contributed by atoms with Gasteiger partial charge in [-0.15, -0.1) is 0 Å². The predicted molar refractivity (Wildman–Crippen MR) is 121 cm³/mol. The molecule has 0 unspecified atom stereocenters. The van der Waals surface area contributed by atoms with Crippen molar-refractivity contribution >= 4 is 34.3 Å². The van der Waals surface area contributed by atoms with Crippen molar-refractivity contribution in [3.63, 3.8) is 0 Å². The lowest BCUT2D eigenvalue weighted by atomic mass is 10.2. The van der Waals surface area contributed by atoms with Crippen LogP contribution in [0.4, 0.5) is 20.3 Å². The second-order valence-electron chi connectivity index (χ2n) is 7.98. The van der Waals surface area contributed by atoms with E-state index in [9.17, 15) is 18.4 Å². The van der Waals surface area contributed by atoms with Gasteiger partial charge in [0.25, 0.3) is 0 Å². The van der Waals surface area contributed by atoms with Gasteiger partial charge in [0.2, 0.25) is 11.8 Å².